The highest BCUT2D eigenvalue weighted by molar-refractivity contribution is 7.76. The van der Waals surface area contributed by atoms with E-state index in [1.54, 1.807) is 12.5 Å². The van der Waals surface area contributed by atoms with Crippen LogP contribution in [0.3, 0.4) is 0 Å². The molecule has 1 aromatic heterocycles. The van der Waals surface area contributed by atoms with Crippen molar-refractivity contribution in [2.24, 2.45) is 0 Å². The van der Waals surface area contributed by atoms with E-state index >= 15 is 0 Å². The zero-order valence-corrected chi connectivity index (χ0v) is 18.2. The van der Waals surface area contributed by atoms with Crippen molar-refractivity contribution in [3.05, 3.63) is 104 Å². The van der Waals surface area contributed by atoms with E-state index in [0.29, 0.717) is 13.2 Å². The molecule has 31 heavy (non-hydrogen) atoms. The molecule has 0 amide bonds. The number of imidazole rings is 1. The maximum Gasteiger partial charge on any atom is 0.204 e. The average Bonchev–Trinajstić information content (AvgIpc) is 3.38. The fraction of sp³-hybridized carbons (Fsp3) is 0.160. The quantitative estimate of drug-likeness (QED) is 0.296. The Labute approximate surface area is 183 Å². The van der Waals surface area contributed by atoms with Gasteiger partial charge in [0.05, 0.1) is 12.9 Å². The zero-order valence-electron chi connectivity index (χ0n) is 17.3. The van der Waals surface area contributed by atoms with Crippen LogP contribution in [-0.2, 0) is 4.57 Å². The Morgan fingerprint density at radius 1 is 0.839 bits per heavy atom. The number of nitrogens with one attached hydrogen (secondary N) is 1. The highest BCUT2D eigenvalue weighted by Crippen LogP contribution is 2.38. The van der Waals surface area contributed by atoms with Crippen molar-refractivity contribution in [3.8, 4) is 11.4 Å². The number of benzene rings is 3. The largest absolute Gasteiger partial charge is 0.494 e. The minimum atomic E-state index is -2.86. The van der Waals surface area contributed by atoms with Gasteiger partial charge < -0.3 is 9.30 Å². The summed E-state index contributed by atoms with van der Waals surface area (Å²) in [6, 6.07) is 27.3. The minimum Gasteiger partial charge on any atom is -0.494 e. The van der Waals surface area contributed by atoms with Crippen molar-refractivity contribution in [2.75, 3.05) is 13.2 Å². The summed E-state index contributed by atoms with van der Waals surface area (Å²) in [7, 11) is -2.86. The Morgan fingerprint density at radius 3 is 2.06 bits per heavy atom. The topological polar surface area (TPSA) is 56.1 Å². The first-order valence-electron chi connectivity index (χ1n) is 10.4. The third-order valence-corrected chi connectivity index (χ3v) is 7.77. The molecule has 0 atom stereocenters. The first kappa shape index (κ1) is 21.1. The minimum absolute atomic E-state index is 0.618. The molecule has 0 aliphatic rings. The molecule has 1 N–H and O–H groups in total. The predicted octanol–water partition coefficient (Wildman–Crippen LogP) is 4.55. The van der Waals surface area contributed by atoms with Crippen LogP contribution in [0.2, 0.25) is 0 Å². The van der Waals surface area contributed by atoms with E-state index in [9.17, 15) is 4.57 Å². The van der Waals surface area contributed by atoms with Gasteiger partial charge in [-0.15, -0.1) is 0 Å². The Hall–Kier alpha value is -3.14. The molecule has 0 fully saturated rings. The van der Waals surface area contributed by atoms with Crippen molar-refractivity contribution in [1.29, 1.82) is 0 Å². The second kappa shape index (κ2) is 10.3. The first-order valence-corrected chi connectivity index (χ1v) is 12.1. The molecule has 0 unspecified atom stereocenters. The van der Waals surface area contributed by atoms with Crippen LogP contribution < -0.4 is 20.4 Å². The molecule has 0 aliphatic heterocycles. The summed E-state index contributed by atoms with van der Waals surface area (Å²) in [5.74, 6) is 0.844. The summed E-state index contributed by atoms with van der Waals surface area (Å²) in [4.78, 5) is 4.06. The van der Waals surface area contributed by atoms with E-state index in [1.165, 1.54) is 0 Å². The van der Waals surface area contributed by atoms with Gasteiger partial charge in [-0.3, -0.25) is 9.65 Å². The maximum absolute atomic E-state index is 13.9. The fourth-order valence-corrected chi connectivity index (χ4v) is 5.71. The molecule has 4 aromatic rings. The van der Waals surface area contributed by atoms with Gasteiger partial charge in [-0.2, -0.15) is 0 Å². The molecular weight excluding hydrogens is 405 g/mol. The Balaban J connectivity index is 1.27. The van der Waals surface area contributed by atoms with E-state index < -0.39 is 7.29 Å². The van der Waals surface area contributed by atoms with E-state index in [0.717, 1.165) is 34.9 Å². The van der Waals surface area contributed by atoms with Gasteiger partial charge in [0.1, 0.15) is 5.75 Å². The van der Waals surface area contributed by atoms with Gasteiger partial charge in [-0.05, 0) is 61.4 Å². The van der Waals surface area contributed by atoms with Crippen LogP contribution in [0, 0.1) is 0 Å². The normalized spacial score (nSPS) is 11.4. The molecule has 5 nitrogen and oxygen atoms in total. The summed E-state index contributed by atoms with van der Waals surface area (Å²) < 4.78 is 21.7. The predicted molar refractivity (Wildman–Crippen MR) is 126 cm³/mol. The van der Waals surface area contributed by atoms with Crippen LogP contribution >= 0.6 is 7.29 Å². The Morgan fingerprint density at radius 2 is 1.48 bits per heavy atom. The summed E-state index contributed by atoms with van der Waals surface area (Å²) >= 11 is 0. The molecule has 3 aromatic carbocycles. The molecule has 0 bridgehead atoms. The van der Waals surface area contributed by atoms with Crippen molar-refractivity contribution in [2.45, 2.75) is 12.8 Å². The van der Waals surface area contributed by atoms with Crippen molar-refractivity contribution in [1.82, 2.24) is 14.6 Å². The van der Waals surface area contributed by atoms with Gasteiger partial charge in [0.2, 0.25) is 7.29 Å². The number of ether oxygens (including phenoxy) is 1. The number of nitrogens with zero attached hydrogens (tertiary/aromatic N) is 2. The third-order valence-electron chi connectivity index (χ3n) is 5.05. The molecule has 1 heterocycles. The molecule has 0 spiro atoms. The average molecular weight is 431 g/mol. The first-order chi connectivity index (χ1) is 15.3. The van der Waals surface area contributed by atoms with E-state index in [2.05, 4.69) is 10.1 Å². The number of unbranched alkanes of at least 4 members (excludes halogenated alkanes) is 1. The van der Waals surface area contributed by atoms with Crippen molar-refractivity contribution in [3.63, 3.8) is 0 Å². The molecule has 4 rings (SSSR count). The monoisotopic (exact) mass is 431 g/mol. The molecular formula is C25H26N3O2P. The molecule has 0 aliphatic carbocycles. The summed E-state index contributed by atoms with van der Waals surface area (Å²) in [6.45, 7) is 1.27. The lowest BCUT2D eigenvalue weighted by Crippen LogP contribution is -2.28. The molecule has 0 saturated carbocycles. The summed E-state index contributed by atoms with van der Waals surface area (Å²) in [6.07, 6.45) is 7.18. The third kappa shape index (κ3) is 5.32. The van der Waals surface area contributed by atoms with Crippen LogP contribution in [0.4, 0.5) is 0 Å². The molecule has 0 saturated heterocycles. The summed E-state index contributed by atoms with van der Waals surface area (Å²) in [5.41, 5.74) is 1.05. The smallest absolute Gasteiger partial charge is 0.204 e. The van der Waals surface area contributed by atoms with Crippen LogP contribution in [-0.4, -0.2) is 22.7 Å². The highest BCUT2D eigenvalue weighted by Gasteiger charge is 2.25. The van der Waals surface area contributed by atoms with Gasteiger partial charge in [0.25, 0.3) is 0 Å². The number of hydrogen-bond acceptors (Lipinski definition) is 3. The van der Waals surface area contributed by atoms with Gasteiger partial charge >= 0.3 is 0 Å². The SMILES string of the molecule is O=P(NCCCCOc1ccc(-n2ccnc2)cc1)(c1ccccc1)c1ccccc1. The Kier molecular flexibility index (Phi) is 6.98. The lowest BCUT2D eigenvalue weighted by molar-refractivity contribution is 0.307. The van der Waals surface area contributed by atoms with Gasteiger partial charge in [-0.25, -0.2) is 4.98 Å². The number of aromatic nitrogens is 2. The van der Waals surface area contributed by atoms with Gasteiger partial charge in [0.15, 0.2) is 0 Å². The number of rotatable bonds is 10. The van der Waals surface area contributed by atoms with Crippen LogP contribution in [0.5, 0.6) is 5.75 Å². The van der Waals surface area contributed by atoms with Crippen LogP contribution in [0.1, 0.15) is 12.8 Å². The lowest BCUT2D eigenvalue weighted by atomic mass is 10.3. The number of hydrogen-bond donors (Lipinski definition) is 1. The van der Waals surface area contributed by atoms with E-state index in [1.807, 2.05) is 95.7 Å². The fourth-order valence-electron chi connectivity index (χ4n) is 3.39. The standard InChI is InChI=1S/C25H26N3O2P/c29-31(24-9-3-1-4-10-24,25-11-5-2-6-12-25)27-17-7-8-20-30-23-15-13-22(14-16-23)28-19-18-26-21-28/h1-6,9-16,18-19,21H,7-8,17,20H2,(H,27,29). The van der Waals surface area contributed by atoms with E-state index in [4.69, 9.17) is 4.74 Å². The Bertz CT molecular complexity index is 1060. The zero-order chi connectivity index (χ0) is 21.4. The maximum atomic E-state index is 13.9. The summed E-state index contributed by atoms with van der Waals surface area (Å²) in [5, 5.41) is 5.00. The highest BCUT2D eigenvalue weighted by atomic mass is 31.2. The van der Waals surface area contributed by atoms with Gasteiger partial charge in [-0.1, -0.05) is 36.4 Å². The van der Waals surface area contributed by atoms with E-state index in [-0.39, 0.29) is 0 Å². The van der Waals surface area contributed by atoms with Crippen molar-refractivity contribution >= 4 is 17.9 Å². The van der Waals surface area contributed by atoms with Crippen LogP contribution in [0.25, 0.3) is 5.69 Å². The van der Waals surface area contributed by atoms with Gasteiger partial charge in [0, 0.05) is 35.2 Å². The molecule has 6 heteroatoms. The molecule has 158 valence electrons. The van der Waals surface area contributed by atoms with Crippen LogP contribution in [0.15, 0.2) is 104 Å². The molecule has 0 radical (unpaired) electrons. The van der Waals surface area contributed by atoms with Crippen molar-refractivity contribution < 1.29 is 9.30 Å². The second-order valence-electron chi connectivity index (χ2n) is 7.21. The lowest BCUT2D eigenvalue weighted by Gasteiger charge is -2.20. The second-order valence-corrected chi connectivity index (χ2v) is 9.78.